The maximum absolute atomic E-state index is 5.65. The average molecular weight is 211 g/mol. The first kappa shape index (κ1) is 8.84. The van der Waals surface area contributed by atoms with Gasteiger partial charge in [0.05, 0.1) is 11.9 Å². The Kier molecular flexibility index (Phi) is 1.83. The van der Waals surface area contributed by atoms with Crippen LogP contribution in [-0.4, -0.2) is 19.6 Å². The van der Waals surface area contributed by atoms with Crippen molar-refractivity contribution in [1.82, 2.24) is 19.6 Å². The number of aromatic nitrogens is 4. The molecular formula is C11H9N5. The molecule has 0 aliphatic rings. The van der Waals surface area contributed by atoms with Crippen LogP contribution in [0.25, 0.3) is 17.0 Å². The Morgan fingerprint density at radius 3 is 2.94 bits per heavy atom. The van der Waals surface area contributed by atoms with Gasteiger partial charge < -0.3 is 5.73 Å². The number of anilines is 1. The summed E-state index contributed by atoms with van der Waals surface area (Å²) in [4.78, 5) is 8.49. The van der Waals surface area contributed by atoms with Crippen molar-refractivity contribution in [3.8, 4) is 11.4 Å². The van der Waals surface area contributed by atoms with Gasteiger partial charge in [-0.15, -0.1) is 0 Å². The normalized spacial score (nSPS) is 10.8. The zero-order chi connectivity index (χ0) is 11.0. The number of hydrogen-bond donors (Lipinski definition) is 1. The van der Waals surface area contributed by atoms with Crippen molar-refractivity contribution in [3.05, 3.63) is 42.7 Å². The summed E-state index contributed by atoms with van der Waals surface area (Å²) in [6, 6.07) is 9.23. The second-order valence-corrected chi connectivity index (χ2v) is 3.38. The topological polar surface area (TPSA) is 69.1 Å². The molecule has 0 aliphatic heterocycles. The molecule has 16 heavy (non-hydrogen) atoms. The Labute approximate surface area is 91.6 Å². The van der Waals surface area contributed by atoms with E-state index in [4.69, 9.17) is 5.73 Å². The van der Waals surface area contributed by atoms with Gasteiger partial charge in [-0.05, 0) is 24.3 Å². The zero-order valence-corrected chi connectivity index (χ0v) is 8.41. The molecule has 0 aliphatic carbocycles. The lowest BCUT2D eigenvalue weighted by molar-refractivity contribution is 0.938. The molecule has 2 N–H and O–H groups in total. The lowest BCUT2D eigenvalue weighted by Crippen LogP contribution is -1.96. The summed E-state index contributed by atoms with van der Waals surface area (Å²) in [5.74, 6) is 0.489. The van der Waals surface area contributed by atoms with Crippen molar-refractivity contribution < 1.29 is 0 Å². The Hall–Kier alpha value is -2.43. The Balaban J connectivity index is 2.26. The molecule has 3 aromatic rings. The Bertz CT molecular complexity index is 643. The van der Waals surface area contributed by atoms with Crippen molar-refractivity contribution in [3.63, 3.8) is 0 Å². The van der Waals surface area contributed by atoms with Gasteiger partial charge in [0, 0.05) is 6.20 Å². The predicted molar refractivity (Wildman–Crippen MR) is 60.6 cm³/mol. The monoisotopic (exact) mass is 211 g/mol. The summed E-state index contributed by atoms with van der Waals surface area (Å²) in [6.07, 6.45) is 3.45. The minimum atomic E-state index is 0.489. The summed E-state index contributed by atoms with van der Waals surface area (Å²) in [7, 11) is 0. The van der Waals surface area contributed by atoms with Crippen LogP contribution in [0.5, 0.6) is 0 Å². The van der Waals surface area contributed by atoms with E-state index in [1.807, 2.05) is 24.3 Å². The Morgan fingerprint density at radius 2 is 2.06 bits per heavy atom. The van der Waals surface area contributed by atoms with E-state index in [1.54, 1.807) is 23.0 Å². The highest BCUT2D eigenvalue weighted by Crippen LogP contribution is 2.18. The molecule has 0 spiro atoms. The predicted octanol–water partition coefficient (Wildman–Crippen LogP) is 1.37. The van der Waals surface area contributed by atoms with Gasteiger partial charge in [0.25, 0.3) is 0 Å². The highest BCUT2D eigenvalue weighted by atomic mass is 15.3. The van der Waals surface area contributed by atoms with Gasteiger partial charge in [-0.2, -0.15) is 5.10 Å². The van der Waals surface area contributed by atoms with Gasteiger partial charge >= 0.3 is 0 Å². The molecule has 3 aromatic heterocycles. The fraction of sp³-hybridized carbons (Fsp3) is 0. The first-order valence-electron chi connectivity index (χ1n) is 4.86. The molecule has 78 valence electrons. The number of rotatable bonds is 1. The van der Waals surface area contributed by atoms with Gasteiger partial charge in [0.2, 0.25) is 0 Å². The molecule has 0 saturated carbocycles. The molecule has 0 saturated heterocycles. The van der Waals surface area contributed by atoms with E-state index in [-0.39, 0.29) is 0 Å². The SMILES string of the molecule is Nc1cccc(-c2cnc3cccnn23)n1. The summed E-state index contributed by atoms with van der Waals surface area (Å²) in [6.45, 7) is 0. The van der Waals surface area contributed by atoms with Gasteiger partial charge in [-0.1, -0.05) is 6.07 Å². The Morgan fingerprint density at radius 1 is 1.12 bits per heavy atom. The van der Waals surface area contributed by atoms with Crippen LogP contribution in [0.1, 0.15) is 0 Å². The van der Waals surface area contributed by atoms with E-state index in [9.17, 15) is 0 Å². The maximum Gasteiger partial charge on any atom is 0.154 e. The van der Waals surface area contributed by atoms with E-state index in [1.165, 1.54) is 0 Å². The van der Waals surface area contributed by atoms with Crippen LogP contribution in [0.15, 0.2) is 42.7 Å². The zero-order valence-electron chi connectivity index (χ0n) is 8.41. The van der Waals surface area contributed by atoms with E-state index >= 15 is 0 Å². The number of hydrogen-bond acceptors (Lipinski definition) is 4. The molecule has 0 atom stereocenters. The molecule has 0 amide bonds. The minimum Gasteiger partial charge on any atom is -0.384 e. The molecule has 0 aromatic carbocycles. The molecular weight excluding hydrogens is 202 g/mol. The lowest BCUT2D eigenvalue weighted by Gasteiger charge is -2.00. The van der Waals surface area contributed by atoms with E-state index in [2.05, 4.69) is 15.1 Å². The van der Waals surface area contributed by atoms with Crippen LogP contribution < -0.4 is 5.73 Å². The lowest BCUT2D eigenvalue weighted by atomic mass is 10.3. The van der Waals surface area contributed by atoms with Gasteiger partial charge in [0.1, 0.15) is 11.5 Å². The first-order chi connectivity index (χ1) is 7.84. The van der Waals surface area contributed by atoms with Crippen LogP contribution in [0.3, 0.4) is 0 Å². The number of imidazole rings is 1. The van der Waals surface area contributed by atoms with Gasteiger partial charge in [0.15, 0.2) is 5.65 Å². The van der Waals surface area contributed by atoms with Gasteiger partial charge in [-0.3, -0.25) is 0 Å². The third kappa shape index (κ3) is 1.30. The van der Waals surface area contributed by atoms with Crippen LogP contribution in [0.4, 0.5) is 5.82 Å². The molecule has 0 bridgehead atoms. The average Bonchev–Trinajstić information content (AvgIpc) is 2.72. The van der Waals surface area contributed by atoms with Crippen LogP contribution >= 0.6 is 0 Å². The minimum absolute atomic E-state index is 0.489. The molecule has 3 rings (SSSR count). The fourth-order valence-electron chi connectivity index (χ4n) is 1.60. The van der Waals surface area contributed by atoms with Crippen molar-refractivity contribution in [1.29, 1.82) is 0 Å². The summed E-state index contributed by atoms with van der Waals surface area (Å²) in [5, 5.41) is 4.22. The van der Waals surface area contributed by atoms with Crippen molar-refractivity contribution in [2.24, 2.45) is 0 Å². The first-order valence-corrected chi connectivity index (χ1v) is 4.86. The van der Waals surface area contributed by atoms with Crippen LogP contribution in [0, 0.1) is 0 Å². The smallest absolute Gasteiger partial charge is 0.154 e. The summed E-state index contributed by atoms with van der Waals surface area (Å²) >= 11 is 0. The quantitative estimate of drug-likeness (QED) is 0.660. The number of pyridine rings is 1. The second-order valence-electron chi connectivity index (χ2n) is 3.38. The van der Waals surface area contributed by atoms with E-state index < -0.39 is 0 Å². The standard InChI is InChI=1S/C11H9N5/c12-10-4-1-3-8(15-10)9-7-13-11-5-2-6-14-16(9)11/h1-7H,(H2,12,15). The summed E-state index contributed by atoms with van der Waals surface area (Å²) < 4.78 is 1.74. The second kappa shape index (κ2) is 3.30. The highest BCUT2D eigenvalue weighted by molar-refractivity contribution is 5.60. The fourth-order valence-corrected chi connectivity index (χ4v) is 1.60. The molecule has 0 fully saturated rings. The number of fused-ring (bicyclic) bond motifs is 1. The third-order valence-corrected chi connectivity index (χ3v) is 2.31. The highest BCUT2D eigenvalue weighted by Gasteiger charge is 2.07. The van der Waals surface area contributed by atoms with E-state index in [0.717, 1.165) is 17.0 Å². The number of nitrogens with two attached hydrogens (primary N) is 1. The third-order valence-electron chi connectivity index (χ3n) is 2.31. The molecule has 5 heteroatoms. The maximum atomic E-state index is 5.65. The molecule has 5 nitrogen and oxygen atoms in total. The molecule has 0 radical (unpaired) electrons. The molecule has 3 heterocycles. The van der Waals surface area contributed by atoms with Crippen LogP contribution in [-0.2, 0) is 0 Å². The number of nitrogens with zero attached hydrogens (tertiary/aromatic N) is 4. The largest absolute Gasteiger partial charge is 0.384 e. The van der Waals surface area contributed by atoms with Gasteiger partial charge in [-0.25, -0.2) is 14.5 Å². The van der Waals surface area contributed by atoms with Crippen molar-refractivity contribution >= 4 is 11.5 Å². The van der Waals surface area contributed by atoms with Crippen LogP contribution in [0.2, 0.25) is 0 Å². The van der Waals surface area contributed by atoms with E-state index in [0.29, 0.717) is 5.82 Å². The van der Waals surface area contributed by atoms with Crippen molar-refractivity contribution in [2.45, 2.75) is 0 Å². The summed E-state index contributed by atoms with van der Waals surface area (Å²) in [5.41, 5.74) is 8.05. The number of nitrogen functional groups attached to an aromatic ring is 1. The molecule has 0 unspecified atom stereocenters. The van der Waals surface area contributed by atoms with Crippen molar-refractivity contribution in [2.75, 3.05) is 5.73 Å².